The molecule has 82 valence electrons. The summed E-state index contributed by atoms with van der Waals surface area (Å²) in [4.78, 5) is 34.3. The third-order valence-electron chi connectivity index (χ3n) is 2.09. The standard InChI is InChI=1S/C10H14N2O3/c1-2-3-4-8(13)11-7-12-9(14)5-6-10(12)15/h5-6H,2-4,7H2,1H3,(H,11,13). The van der Waals surface area contributed by atoms with Crippen LogP contribution in [0.15, 0.2) is 12.2 Å². The number of nitrogens with zero attached hydrogens (tertiary/aromatic N) is 1. The van der Waals surface area contributed by atoms with Crippen molar-refractivity contribution in [2.75, 3.05) is 6.67 Å². The smallest absolute Gasteiger partial charge is 0.255 e. The number of carbonyl (C=O) groups is 3. The number of hydrogen-bond acceptors (Lipinski definition) is 3. The minimum atomic E-state index is -0.379. The Bertz CT molecular complexity index is 292. The number of unbranched alkanes of at least 4 members (excludes halogenated alkanes) is 1. The summed E-state index contributed by atoms with van der Waals surface area (Å²) in [6, 6.07) is 0. The van der Waals surface area contributed by atoms with Crippen LogP contribution in [-0.4, -0.2) is 29.3 Å². The van der Waals surface area contributed by atoms with Gasteiger partial charge in [0.1, 0.15) is 6.67 Å². The quantitative estimate of drug-likeness (QED) is 0.658. The van der Waals surface area contributed by atoms with Gasteiger partial charge in [-0.05, 0) is 6.42 Å². The molecular formula is C10H14N2O3. The number of nitrogens with one attached hydrogen (secondary N) is 1. The van der Waals surface area contributed by atoms with E-state index in [4.69, 9.17) is 0 Å². The van der Waals surface area contributed by atoms with Crippen LogP contribution in [0, 0.1) is 0 Å². The molecule has 0 bridgehead atoms. The highest BCUT2D eigenvalue weighted by molar-refractivity contribution is 6.12. The van der Waals surface area contributed by atoms with Crippen molar-refractivity contribution in [1.29, 1.82) is 0 Å². The largest absolute Gasteiger partial charge is 0.338 e. The Morgan fingerprint density at radius 2 is 1.93 bits per heavy atom. The van der Waals surface area contributed by atoms with Gasteiger partial charge in [0, 0.05) is 18.6 Å². The second-order valence-corrected chi connectivity index (χ2v) is 3.30. The Hall–Kier alpha value is -1.65. The molecule has 0 spiro atoms. The van der Waals surface area contributed by atoms with Crippen LogP contribution >= 0.6 is 0 Å². The van der Waals surface area contributed by atoms with E-state index in [0.29, 0.717) is 6.42 Å². The normalized spacial score (nSPS) is 14.9. The van der Waals surface area contributed by atoms with E-state index in [1.807, 2.05) is 6.92 Å². The van der Waals surface area contributed by atoms with Gasteiger partial charge in [-0.1, -0.05) is 13.3 Å². The summed E-state index contributed by atoms with van der Waals surface area (Å²) in [5.41, 5.74) is 0. The fourth-order valence-corrected chi connectivity index (χ4v) is 1.18. The molecule has 1 rings (SSSR count). The van der Waals surface area contributed by atoms with E-state index in [0.717, 1.165) is 17.7 Å². The third kappa shape index (κ3) is 3.19. The first-order valence-corrected chi connectivity index (χ1v) is 4.95. The van der Waals surface area contributed by atoms with Crippen LogP contribution in [0.4, 0.5) is 0 Å². The number of hydrogen-bond donors (Lipinski definition) is 1. The lowest BCUT2D eigenvalue weighted by molar-refractivity contribution is -0.137. The minimum absolute atomic E-state index is 0.0345. The zero-order chi connectivity index (χ0) is 11.3. The lowest BCUT2D eigenvalue weighted by Gasteiger charge is -2.14. The summed E-state index contributed by atoms with van der Waals surface area (Å²) in [5, 5.41) is 2.53. The molecule has 0 atom stereocenters. The van der Waals surface area contributed by atoms with Crippen molar-refractivity contribution in [3.8, 4) is 0 Å². The predicted octanol–water partition coefficient (Wildman–Crippen LogP) is 0.175. The van der Waals surface area contributed by atoms with Crippen LogP contribution in [-0.2, 0) is 14.4 Å². The highest BCUT2D eigenvalue weighted by atomic mass is 16.2. The van der Waals surface area contributed by atoms with Crippen molar-refractivity contribution in [2.45, 2.75) is 26.2 Å². The van der Waals surface area contributed by atoms with Gasteiger partial charge >= 0.3 is 0 Å². The molecule has 1 aliphatic rings. The monoisotopic (exact) mass is 210 g/mol. The van der Waals surface area contributed by atoms with Crippen LogP contribution in [0.3, 0.4) is 0 Å². The van der Waals surface area contributed by atoms with Gasteiger partial charge in [0.05, 0.1) is 0 Å². The molecule has 0 aromatic carbocycles. The zero-order valence-corrected chi connectivity index (χ0v) is 8.66. The minimum Gasteiger partial charge on any atom is -0.338 e. The maximum absolute atomic E-state index is 11.2. The van der Waals surface area contributed by atoms with E-state index in [1.54, 1.807) is 0 Å². The Morgan fingerprint density at radius 1 is 1.33 bits per heavy atom. The Labute approximate surface area is 88.1 Å². The Morgan fingerprint density at radius 3 is 2.47 bits per heavy atom. The van der Waals surface area contributed by atoms with Crippen LogP contribution < -0.4 is 5.32 Å². The van der Waals surface area contributed by atoms with E-state index in [9.17, 15) is 14.4 Å². The van der Waals surface area contributed by atoms with Gasteiger partial charge < -0.3 is 5.32 Å². The van der Waals surface area contributed by atoms with Crippen molar-refractivity contribution in [3.05, 3.63) is 12.2 Å². The summed E-state index contributed by atoms with van der Waals surface area (Å²) < 4.78 is 0. The molecule has 0 radical (unpaired) electrons. The van der Waals surface area contributed by atoms with Gasteiger partial charge in [-0.25, -0.2) is 0 Å². The highest BCUT2D eigenvalue weighted by Crippen LogP contribution is 2.01. The molecule has 0 saturated heterocycles. The molecule has 1 aliphatic heterocycles. The molecule has 1 heterocycles. The number of rotatable bonds is 5. The van der Waals surface area contributed by atoms with E-state index in [1.165, 1.54) is 12.2 Å². The molecule has 0 unspecified atom stereocenters. The Balaban J connectivity index is 2.28. The summed E-state index contributed by atoms with van der Waals surface area (Å²) in [6.07, 6.45) is 4.57. The molecule has 1 N–H and O–H groups in total. The zero-order valence-electron chi connectivity index (χ0n) is 8.66. The average molecular weight is 210 g/mol. The molecule has 0 saturated carbocycles. The van der Waals surface area contributed by atoms with Crippen LogP contribution in [0.2, 0.25) is 0 Å². The molecule has 0 aliphatic carbocycles. The van der Waals surface area contributed by atoms with Crippen molar-refractivity contribution in [3.63, 3.8) is 0 Å². The summed E-state index contributed by atoms with van der Waals surface area (Å²) in [6.45, 7) is 1.96. The van der Waals surface area contributed by atoms with Gasteiger partial charge in [0.15, 0.2) is 0 Å². The molecule has 15 heavy (non-hydrogen) atoms. The average Bonchev–Trinajstić information content (AvgIpc) is 2.53. The summed E-state index contributed by atoms with van der Waals surface area (Å²) >= 11 is 0. The number of amides is 3. The second-order valence-electron chi connectivity index (χ2n) is 3.30. The van der Waals surface area contributed by atoms with Gasteiger partial charge in [-0.2, -0.15) is 0 Å². The van der Waals surface area contributed by atoms with Crippen molar-refractivity contribution >= 4 is 17.7 Å². The molecule has 0 aromatic rings. The molecular weight excluding hydrogens is 196 g/mol. The first-order valence-electron chi connectivity index (χ1n) is 4.95. The van der Waals surface area contributed by atoms with E-state index >= 15 is 0 Å². The summed E-state index contributed by atoms with van der Waals surface area (Å²) in [7, 11) is 0. The van der Waals surface area contributed by atoms with E-state index in [2.05, 4.69) is 5.32 Å². The van der Waals surface area contributed by atoms with E-state index < -0.39 is 0 Å². The maximum atomic E-state index is 11.2. The predicted molar refractivity (Wildman–Crippen MR) is 53.5 cm³/mol. The lowest BCUT2D eigenvalue weighted by atomic mass is 10.2. The van der Waals surface area contributed by atoms with Crippen molar-refractivity contribution < 1.29 is 14.4 Å². The highest BCUT2D eigenvalue weighted by Gasteiger charge is 2.22. The lowest BCUT2D eigenvalue weighted by Crippen LogP contribution is -2.40. The van der Waals surface area contributed by atoms with Gasteiger partial charge in [-0.3, -0.25) is 19.3 Å². The third-order valence-corrected chi connectivity index (χ3v) is 2.09. The van der Waals surface area contributed by atoms with Crippen molar-refractivity contribution in [1.82, 2.24) is 10.2 Å². The first kappa shape index (κ1) is 11.4. The van der Waals surface area contributed by atoms with Crippen LogP contribution in [0.1, 0.15) is 26.2 Å². The number of carbonyl (C=O) groups excluding carboxylic acids is 3. The summed E-state index contributed by atoms with van der Waals surface area (Å²) in [5.74, 6) is -0.893. The van der Waals surface area contributed by atoms with Gasteiger partial charge in [0.25, 0.3) is 11.8 Å². The van der Waals surface area contributed by atoms with Crippen LogP contribution in [0.25, 0.3) is 0 Å². The van der Waals surface area contributed by atoms with E-state index in [-0.39, 0.29) is 24.4 Å². The topological polar surface area (TPSA) is 66.5 Å². The van der Waals surface area contributed by atoms with Crippen molar-refractivity contribution in [2.24, 2.45) is 0 Å². The second kappa shape index (κ2) is 5.29. The molecule has 0 fully saturated rings. The number of imide groups is 1. The SMILES string of the molecule is CCCCC(=O)NCN1C(=O)C=CC1=O. The van der Waals surface area contributed by atoms with Gasteiger partial charge in [-0.15, -0.1) is 0 Å². The maximum Gasteiger partial charge on any atom is 0.255 e. The van der Waals surface area contributed by atoms with Gasteiger partial charge in [0.2, 0.25) is 5.91 Å². The molecule has 5 heteroatoms. The molecule has 0 aromatic heterocycles. The fourth-order valence-electron chi connectivity index (χ4n) is 1.18. The fraction of sp³-hybridized carbons (Fsp3) is 0.500. The molecule has 3 amide bonds. The van der Waals surface area contributed by atoms with Crippen LogP contribution in [0.5, 0.6) is 0 Å². The Kier molecular flexibility index (Phi) is 4.03. The molecule has 5 nitrogen and oxygen atoms in total. The first-order chi connectivity index (χ1) is 7.15.